The van der Waals surface area contributed by atoms with Crippen molar-refractivity contribution in [1.82, 2.24) is 4.72 Å². The van der Waals surface area contributed by atoms with E-state index in [0.29, 0.717) is 10.2 Å². The molecule has 2 aromatic carbocycles. The van der Waals surface area contributed by atoms with Crippen LogP contribution in [0.4, 0.5) is 0 Å². The van der Waals surface area contributed by atoms with Crippen LogP contribution in [0.15, 0.2) is 51.8 Å². The van der Waals surface area contributed by atoms with E-state index in [0.717, 1.165) is 11.1 Å². The van der Waals surface area contributed by atoms with Crippen molar-refractivity contribution < 1.29 is 13.2 Å². The fourth-order valence-corrected chi connectivity index (χ4v) is 3.66. The third-order valence-electron chi connectivity index (χ3n) is 2.96. The summed E-state index contributed by atoms with van der Waals surface area (Å²) in [4.78, 5) is 0.118. The van der Waals surface area contributed by atoms with E-state index in [2.05, 4.69) is 20.7 Å². The van der Waals surface area contributed by atoms with Crippen LogP contribution in [0.5, 0.6) is 5.75 Å². The van der Waals surface area contributed by atoms with Crippen molar-refractivity contribution in [3.63, 3.8) is 0 Å². The minimum Gasteiger partial charge on any atom is -0.495 e. The normalized spacial score (nSPS) is 11.4. The third-order valence-corrected chi connectivity index (χ3v) is 4.88. The first-order valence-electron chi connectivity index (χ1n) is 6.31. The van der Waals surface area contributed by atoms with Crippen LogP contribution in [0.25, 0.3) is 0 Å². The monoisotopic (exact) mass is 369 g/mol. The largest absolute Gasteiger partial charge is 0.495 e. The van der Waals surface area contributed by atoms with Crippen LogP contribution in [0, 0.1) is 6.92 Å². The Bertz CT molecular complexity index is 744. The van der Waals surface area contributed by atoms with Gasteiger partial charge >= 0.3 is 0 Å². The Hall–Kier alpha value is -1.37. The summed E-state index contributed by atoms with van der Waals surface area (Å²) in [6.45, 7) is 2.20. The number of hydrogen-bond acceptors (Lipinski definition) is 3. The predicted octanol–water partition coefficient (Wildman–Crippen LogP) is 3.24. The highest BCUT2D eigenvalue weighted by atomic mass is 79.9. The van der Waals surface area contributed by atoms with Crippen LogP contribution in [0.2, 0.25) is 0 Å². The zero-order chi connectivity index (χ0) is 15.5. The maximum Gasteiger partial charge on any atom is 0.244 e. The van der Waals surface area contributed by atoms with Crippen molar-refractivity contribution in [2.75, 3.05) is 7.11 Å². The Kier molecular flexibility index (Phi) is 5.03. The first kappa shape index (κ1) is 16.0. The van der Waals surface area contributed by atoms with Crippen LogP contribution in [0.3, 0.4) is 0 Å². The SMILES string of the molecule is COc1ccc(Br)cc1S(=O)(=O)NCc1cccc(C)c1. The van der Waals surface area contributed by atoms with Crippen LogP contribution in [0.1, 0.15) is 11.1 Å². The van der Waals surface area contributed by atoms with Gasteiger partial charge in [0.2, 0.25) is 10.0 Å². The van der Waals surface area contributed by atoms with E-state index in [1.807, 2.05) is 31.2 Å². The molecule has 0 atom stereocenters. The number of ether oxygens (including phenoxy) is 1. The maximum atomic E-state index is 12.4. The predicted molar refractivity (Wildman–Crippen MR) is 85.9 cm³/mol. The van der Waals surface area contributed by atoms with Crippen LogP contribution >= 0.6 is 15.9 Å². The fraction of sp³-hybridized carbons (Fsp3) is 0.200. The van der Waals surface area contributed by atoms with E-state index >= 15 is 0 Å². The van der Waals surface area contributed by atoms with Gasteiger partial charge in [0.05, 0.1) is 7.11 Å². The molecule has 0 aliphatic carbocycles. The summed E-state index contributed by atoms with van der Waals surface area (Å²) in [5.74, 6) is 0.315. The standard InChI is InChI=1S/C15H16BrNO3S/c1-11-4-3-5-12(8-11)10-17-21(18,19)15-9-13(16)6-7-14(15)20-2/h3-9,17H,10H2,1-2H3. The number of benzene rings is 2. The van der Waals surface area contributed by atoms with Gasteiger partial charge in [-0.15, -0.1) is 0 Å². The van der Waals surface area contributed by atoms with E-state index in [9.17, 15) is 8.42 Å². The molecule has 0 saturated heterocycles. The summed E-state index contributed by atoms with van der Waals surface area (Å²) < 4.78 is 33.2. The Morgan fingerprint density at radius 3 is 2.62 bits per heavy atom. The van der Waals surface area contributed by atoms with E-state index in [1.165, 1.54) is 13.2 Å². The molecule has 0 bridgehead atoms. The molecule has 2 rings (SSSR count). The van der Waals surface area contributed by atoms with E-state index in [4.69, 9.17) is 4.74 Å². The molecule has 0 amide bonds. The average molecular weight is 370 g/mol. The zero-order valence-corrected chi connectivity index (χ0v) is 14.2. The second kappa shape index (κ2) is 6.60. The third kappa shape index (κ3) is 4.06. The average Bonchev–Trinajstić information content (AvgIpc) is 2.45. The molecule has 4 nitrogen and oxygen atoms in total. The number of methoxy groups -OCH3 is 1. The highest BCUT2D eigenvalue weighted by molar-refractivity contribution is 9.10. The van der Waals surface area contributed by atoms with Crippen molar-refractivity contribution >= 4 is 26.0 Å². The topological polar surface area (TPSA) is 55.4 Å². The fourth-order valence-electron chi connectivity index (χ4n) is 1.94. The van der Waals surface area contributed by atoms with Gasteiger partial charge < -0.3 is 4.74 Å². The van der Waals surface area contributed by atoms with Crippen LogP contribution < -0.4 is 9.46 Å². The molecule has 2 aromatic rings. The number of nitrogens with one attached hydrogen (secondary N) is 1. The van der Waals surface area contributed by atoms with Gasteiger partial charge in [-0.2, -0.15) is 0 Å². The number of halogens is 1. The Morgan fingerprint density at radius 2 is 1.95 bits per heavy atom. The summed E-state index contributed by atoms with van der Waals surface area (Å²) >= 11 is 3.28. The molecule has 0 unspecified atom stereocenters. The first-order chi connectivity index (χ1) is 9.92. The highest BCUT2D eigenvalue weighted by Gasteiger charge is 2.19. The van der Waals surface area contributed by atoms with Crippen LogP contribution in [-0.4, -0.2) is 15.5 Å². The summed E-state index contributed by atoms with van der Waals surface area (Å²) in [6.07, 6.45) is 0. The molecule has 6 heteroatoms. The van der Waals surface area contributed by atoms with Gasteiger partial charge in [-0.05, 0) is 30.7 Å². The Labute approximate surface area is 133 Å². The van der Waals surface area contributed by atoms with Gasteiger partial charge in [0.25, 0.3) is 0 Å². The molecule has 0 radical (unpaired) electrons. The molecule has 21 heavy (non-hydrogen) atoms. The number of rotatable bonds is 5. The number of sulfonamides is 1. The van der Waals surface area contributed by atoms with E-state index in [-0.39, 0.29) is 11.4 Å². The lowest BCUT2D eigenvalue weighted by atomic mass is 10.1. The van der Waals surface area contributed by atoms with Crippen molar-refractivity contribution in [1.29, 1.82) is 0 Å². The smallest absolute Gasteiger partial charge is 0.244 e. The Morgan fingerprint density at radius 1 is 1.19 bits per heavy atom. The van der Waals surface area contributed by atoms with Crippen LogP contribution in [-0.2, 0) is 16.6 Å². The molecule has 0 heterocycles. The molecule has 0 aliphatic rings. The zero-order valence-electron chi connectivity index (χ0n) is 11.8. The van der Waals surface area contributed by atoms with Crippen molar-refractivity contribution in [2.24, 2.45) is 0 Å². The molecular weight excluding hydrogens is 354 g/mol. The van der Waals surface area contributed by atoms with Gasteiger partial charge in [-0.1, -0.05) is 45.8 Å². The minimum absolute atomic E-state index is 0.118. The quantitative estimate of drug-likeness (QED) is 0.879. The lowest BCUT2D eigenvalue weighted by molar-refractivity contribution is 0.402. The maximum absolute atomic E-state index is 12.4. The molecule has 1 N–H and O–H groups in total. The second-order valence-corrected chi connectivity index (χ2v) is 7.26. The summed E-state index contributed by atoms with van der Waals surface area (Å²) in [5, 5.41) is 0. The summed E-state index contributed by atoms with van der Waals surface area (Å²) in [6, 6.07) is 12.6. The molecular formula is C15H16BrNO3S. The van der Waals surface area contributed by atoms with E-state index < -0.39 is 10.0 Å². The van der Waals surface area contributed by atoms with Gasteiger partial charge in [-0.3, -0.25) is 0 Å². The van der Waals surface area contributed by atoms with Gasteiger partial charge in [0, 0.05) is 11.0 Å². The van der Waals surface area contributed by atoms with Crippen molar-refractivity contribution in [2.45, 2.75) is 18.4 Å². The van der Waals surface area contributed by atoms with Gasteiger partial charge in [0.1, 0.15) is 10.6 Å². The second-order valence-electron chi connectivity index (χ2n) is 4.61. The lowest BCUT2D eigenvalue weighted by Gasteiger charge is -2.11. The molecule has 0 saturated carbocycles. The molecule has 0 fully saturated rings. The first-order valence-corrected chi connectivity index (χ1v) is 8.59. The van der Waals surface area contributed by atoms with Gasteiger partial charge in [-0.25, -0.2) is 13.1 Å². The molecule has 0 aromatic heterocycles. The number of hydrogen-bond donors (Lipinski definition) is 1. The lowest BCUT2D eigenvalue weighted by Crippen LogP contribution is -2.23. The minimum atomic E-state index is -3.64. The highest BCUT2D eigenvalue weighted by Crippen LogP contribution is 2.27. The molecule has 0 spiro atoms. The number of aryl methyl sites for hydroxylation is 1. The van der Waals surface area contributed by atoms with Gasteiger partial charge in [0.15, 0.2) is 0 Å². The summed E-state index contributed by atoms with van der Waals surface area (Å²) in [7, 11) is -2.19. The van der Waals surface area contributed by atoms with Crippen molar-refractivity contribution in [3.8, 4) is 5.75 Å². The Balaban J connectivity index is 2.24. The van der Waals surface area contributed by atoms with Crippen molar-refractivity contribution in [3.05, 3.63) is 58.1 Å². The molecule has 112 valence electrons. The van der Waals surface area contributed by atoms with E-state index in [1.54, 1.807) is 12.1 Å². The molecule has 0 aliphatic heterocycles. The summed E-state index contributed by atoms with van der Waals surface area (Å²) in [5.41, 5.74) is 2.00.